The minimum Gasteiger partial charge on any atom is -0.322 e. The predicted octanol–water partition coefficient (Wildman–Crippen LogP) is -1.02. The highest BCUT2D eigenvalue weighted by molar-refractivity contribution is 5.71. The lowest BCUT2D eigenvalue weighted by Gasteiger charge is -1.96. The van der Waals surface area contributed by atoms with E-state index in [9.17, 15) is 4.79 Å². The van der Waals surface area contributed by atoms with E-state index >= 15 is 0 Å². The molecule has 0 aliphatic heterocycles. The number of rotatable bonds is 2. The summed E-state index contributed by atoms with van der Waals surface area (Å²) >= 11 is 0. The SMILES string of the molecule is CN(C=O)C=NN. The molecule has 0 saturated heterocycles. The van der Waals surface area contributed by atoms with E-state index in [0.29, 0.717) is 6.41 Å². The molecule has 4 heteroatoms. The first-order valence-electron chi connectivity index (χ1n) is 1.72. The molecular weight excluding hydrogens is 94.1 g/mol. The maximum Gasteiger partial charge on any atom is 0.214 e. The lowest BCUT2D eigenvalue weighted by molar-refractivity contribution is -0.113. The van der Waals surface area contributed by atoms with Gasteiger partial charge in [-0.25, -0.2) is 0 Å². The summed E-state index contributed by atoms with van der Waals surface area (Å²) in [5, 5.41) is 3.08. The molecule has 0 aliphatic rings. The summed E-state index contributed by atoms with van der Waals surface area (Å²) in [4.78, 5) is 10.9. The third-order valence-corrected chi connectivity index (χ3v) is 0.415. The highest BCUT2D eigenvalue weighted by Crippen LogP contribution is 1.60. The van der Waals surface area contributed by atoms with Gasteiger partial charge in [-0.1, -0.05) is 0 Å². The molecule has 0 heterocycles. The van der Waals surface area contributed by atoms with Gasteiger partial charge in [-0.3, -0.25) is 4.79 Å². The lowest BCUT2D eigenvalue weighted by atomic mass is 10.9. The van der Waals surface area contributed by atoms with Crippen molar-refractivity contribution < 1.29 is 4.79 Å². The number of hydrogen-bond acceptors (Lipinski definition) is 3. The second-order valence-electron chi connectivity index (χ2n) is 1.04. The topological polar surface area (TPSA) is 58.7 Å². The third-order valence-electron chi connectivity index (χ3n) is 0.415. The van der Waals surface area contributed by atoms with Gasteiger partial charge in [-0.15, -0.1) is 0 Å². The van der Waals surface area contributed by atoms with Crippen molar-refractivity contribution in [2.45, 2.75) is 0 Å². The first kappa shape index (κ1) is 5.94. The molecular formula is C3H7N3O. The van der Waals surface area contributed by atoms with E-state index in [-0.39, 0.29) is 0 Å². The molecule has 0 spiro atoms. The Morgan fingerprint density at radius 3 is 2.57 bits per heavy atom. The van der Waals surface area contributed by atoms with Gasteiger partial charge in [0.1, 0.15) is 6.34 Å². The quantitative estimate of drug-likeness (QED) is 0.159. The molecule has 0 bridgehead atoms. The second-order valence-corrected chi connectivity index (χ2v) is 1.04. The van der Waals surface area contributed by atoms with Gasteiger partial charge in [0, 0.05) is 7.05 Å². The van der Waals surface area contributed by atoms with Crippen LogP contribution >= 0.6 is 0 Å². The fraction of sp³-hybridized carbons (Fsp3) is 0.333. The second kappa shape index (κ2) is 3.14. The Hall–Kier alpha value is -1.06. The third kappa shape index (κ3) is 2.75. The Labute approximate surface area is 41.6 Å². The molecule has 0 saturated carbocycles. The zero-order valence-electron chi connectivity index (χ0n) is 4.03. The highest BCUT2D eigenvalue weighted by atomic mass is 16.1. The molecule has 0 atom stereocenters. The Morgan fingerprint density at radius 1 is 1.86 bits per heavy atom. The maximum atomic E-state index is 9.67. The fourth-order valence-electron chi connectivity index (χ4n) is 0.132. The monoisotopic (exact) mass is 101 g/mol. The molecule has 0 radical (unpaired) electrons. The molecule has 7 heavy (non-hydrogen) atoms. The van der Waals surface area contributed by atoms with Crippen molar-refractivity contribution in [3.05, 3.63) is 0 Å². The average Bonchev–Trinajstić information content (AvgIpc) is 1.68. The van der Waals surface area contributed by atoms with Crippen LogP contribution in [0.2, 0.25) is 0 Å². The fourth-order valence-corrected chi connectivity index (χ4v) is 0.132. The van der Waals surface area contributed by atoms with Crippen molar-refractivity contribution in [2.24, 2.45) is 10.9 Å². The average molecular weight is 101 g/mol. The van der Waals surface area contributed by atoms with Crippen LogP contribution in [0.25, 0.3) is 0 Å². The number of nitrogens with zero attached hydrogens (tertiary/aromatic N) is 2. The van der Waals surface area contributed by atoms with E-state index in [0.717, 1.165) is 0 Å². The molecule has 0 unspecified atom stereocenters. The zero-order valence-corrected chi connectivity index (χ0v) is 4.03. The standard InChI is InChI=1S/C3H7N3O/c1-6(3-7)2-5-4/h2-3H,4H2,1H3. The number of nitrogens with two attached hydrogens (primary N) is 1. The van der Waals surface area contributed by atoms with Gasteiger partial charge in [-0.2, -0.15) is 5.10 Å². The summed E-state index contributed by atoms with van der Waals surface area (Å²) in [5.41, 5.74) is 0. The Morgan fingerprint density at radius 2 is 2.43 bits per heavy atom. The number of carbonyl (C=O) groups excluding carboxylic acids is 1. The molecule has 0 rings (SSSR count). The van der Waals surface area contributed by atoms with Crippen molar-refractivity contribution in [3.8, 4) is 0 Å². The van der Waals surface area contributed by atoms with E-state index in [4.69, 9.17) is 0 Å². The van der Waals surface area contributed by atoms with Crippen LogP contribution in [0.5, 0.6) is 0 Å². The molecule has 0 aromatic rings. The molecule has 0 fully saturated rings. The predicted molar refractivity (Wildman–Crippen MR) is 26.5 cm³/mol. The molecule has 4 nitrogen and oxygen atoms in total. The van der Waals surface area contributed by atoms with Gasteiger partial charge in [0.15, 0.2) is 0 Å². The number of hydrazone groups is 1. The van der Waals surface area contributed by atoms with E-state index in [1.165, 1.54) is 11.2 Å². The highest BCUT2D eigenvalue weighted by Gasteiger charge is 1.78. The number of carbonyl (C=O) groups is 1. The maximum absolute atomic E-state index is 9.67. The van der Waals surface area contributed by atoms with Crippen LogP contribution in [-0.2, 0) is 4.79 Å². The van der Waals surface area contributed by atoms with Gasteiger partial charge in [-0.05, 0) is 0 Å². The van der Waals surface area contributed by atoms with Crippen molar-refractivity contribution >= 4 is 12.7 Å². The van der Waals surface area contributed by atoms with Crippen LogP contribution in [0, 0.1) is 0 Å². The molecule has 0 aromatic carbocycles. The molecule has 2 N–H and O–H groups in total. The van der Waals surface area contributed by atoms with Gasteiger partial charge < -0.3 is 10.7 Å². The van der Waals surface area contributed by atoms with Gasteiger partial charge >= 0.3 is 0 Å². The van der Waals surface area contributed by atoms with Crippen molar-refractivity contribution in [2.75, 3.05) is 7.05 Å². The molecule has 40 valence electrons. The van der Waals surface area contributed by atoms with E-state index in [1.807, 2.05) is 0 Å². The molecule has 1 amide bonds. The number of amides is 1. The van der Waals surface area contributed by atoms with Gasteiger partial charge in [0.25, 0.3) is 0 Å². The van der Waals surface area contributed by atoms with Gasteiger partial charge in [0.05, 0.1) is 0 Å². The van der Waals surface area contributed by atoms with Crippen LogP contribution < -0.4 is 5.84 Å². The van der Waals surface area contributed by atoms with Crippen molar-refractivity contribution in [1.29, 1.82) is 0 Å². The minimum absolute atomic E-state index is 0.607. The molecule has 0 aliphatic carbocycles. The summed E-state index contributed by atoms with van der Waals surface area (Å²) < 4.78 is 0. The Balaban J connectivity index is 3.35. The van der Waals surface area contributed by atoms with E-state index in [2.05, 4.69) is 10.9 Å². The Bertz CT molecular complexity index is 80.2. The smallest absolute Gasteiger partial charge is 0.214 e. The summed E-state index contributed by atoms with van der Waals surface area (Å²) in [6.07, 6.45) is 1.82. The first-order chi connectivity index (χ1) is 3.31. The minimum atomic E-state index is 0.607. The van der Waals surface area contributed by atoms with Crippen LogP contribution in [-0.4, -0.2) is 24.7 Å². The first-order valence-corrected chi connectivity index (χ1v) is 1.72. The summed E-state index contributed by atoms with van der Waals surface area (Å²) in [6, 6.07) is 0. The summed E-state index contributed by atoms with van der Waals surface area (Å²) in [7, 11) is 1.54. The van der Waals surface area contributed by atoms with E-state index < -0.39 is 0 Å². The van der Waals surface area contributed by atoms with Crippen LogP contribution in [0.3, 0.4) is 0 Å². The Kier molecular flexibility index (Phi) is 2.67. The van der Waals surface area contributed by atoms with E-state index in [1.54, 1.807) is 7.05 Å². The largest absolute Gasteiger partial charge is 0.322 e. The summed E-state index contributed by atoms with van der Waals surface area (Å²) in [5.74, 6) is 4.67. The summed E-state index contributed by atoms with van der Waals surface area (Å²) in [6.45, 7) is 0. The van der Waals surface area contributed by atoms with Gasteiger partial charge in [0.2, 0.25) is 6.41 Å². The van der Waals surface area contributed by atoms with Crippen molar-refractivity contribution in [3.63, 3.8) is 0 Å². The van der Waals surface area contributed by atoms with Crippen LogP contribution in [0.1, 0.15) is 0 Å². The normalized spacial score (nSPS) is 9.29. The van der Waals surface area contributed by atoms with Crippen LogP contribution in [0.4, 0.5) is 0 Å². The number of hydrogen-bond donors (Lipinski definition) is 1. The zero-order chi connectivity index (χ0) is 5.70. The van der Waals surface area contributed by atoms with Crippen LogP contribution in [0.15, 0.2) is 5.10 Å². The molecule has 0 aromatic heterocycles. The van der Waals surface area contributed by atoms with Crippen molar-refractivity contribution in [1.82, 2.24) is 4.90 Å². The lowest BCUT2D eigenvalue weighted by Crippen LogP contribution is -2.13.